The van der Waals surface area contributed by atoms with Gasteiger partial charge in [-0.1, -0.05) is 26.8 Å². The Hall–Kier alpha value is -0.380. The van der Waals surface area contributed by atoms with Crippen molar-refractivity contribution in [1.82, 2.24) is 10.2 Å². The predicted octanol–water partition coefficient (Wildman–Crippen LogP) is 4.30. The number of nitrogens with zero attached hydrogens (tertiary/aromatic N) is 1. The normalized spacial score (nSPS) is 29.5. The van der Waals surface area contributed by atoms with E-state index < -0.39 is 0 Å². The van der Waals surface area contributed by atoms with E-state index in [-0.39, 0.29) is 0 Å². The first-order valence-corrected chi connectivity index (χ1v) is 9.09. The summed E-state index contributed by atoms with van der Waals surface area (Å²) in [5.74, 6) is 0.726. The lowest BCUT2D eigenvalue weighted by atomic mass is 9.85. The van der Waals surface area contributed by atoms with Crippen LogP contribution in [0.1, 0.15) is 57.9 Å². The zero-order chi connectivity index (χ0) is 14.5. The minimum absolute atomic E-state index is 0.611. The zero-order valence-electron chi connectivity index (χ0n) is 13.4. The molecule has 114 valence electrons. The largest absolute Gasteiger partial charge is 0.314 e. The van der Waals surface area contributed by atoms with Crippen molar-refractivity contribution in [3.63, 3.8) is 0 Å². The maximum Gasteiger partial charge on any atom is 0.0441 e. The molecular formula is C17H30N2S. The zero-order valence-corrected chi connectivity index (χ0v) is 14.2. The van der Waals surface area contributed by atoms with Crippen molar-refractivity contribution >= 4 is 11.3 Å². The van der Waals surface area contributed by atoms with Crippen LogP contribution in [-0.2, 0) is 0 Å². The first kappa shape index (κ1) is 16.0. The van der Waals surface area contributed by atoms with Gasteiger partial charge in [0.1, 0.15) is 0 Å². The molecule has 0 spiro atoms. The number of thiophene rings is 1. The fourth-order valence-electron chi connectivity index (χ4n) is 3.53. The van der Waals surface area contributed by atoms with Gasteiger partial charge in [-0.15, -0.1) is 11.3 Å². The predicted molar refractivity (Wildman–Crippen MR) is 89.4 cm³/mol. The van der Waals surface area contributed by atoms with Crippen LogP contribution in [0.15, 0.2) is 17.5 Å². The van der Waals surface area contributed by atoms with E-state index >= 15 is 0 Å². The summed E-state index contributed by atoms with van der Waals surface area (Å²) in [6.07, 6.45) is 3.73. The Bertz CT molecular complexity index is 376. The molecule has 20 heavy (non-hydrogen) atoms. The SMILES string of the molecule is CCCNC1CCN(C(CC)c2cccs2)C(C)C1C. The molecule has 1 saturated heterocycles. The molecule has 0 saturated carbocycles. The van der Waals surface area contributed by atoms with Gasteiger partial charge in [0.2, 0.25) is 0 Å². The van der Waals surface area contributed by atoms with Crippen LogP contribution in [0.4, 0.5) is 0 Å². The van der Waals surface area contributed by atoms with Crippen molar-refractivity contribution in [2.45, 2.75) is 65.1 Å². The Morgan fingerprint density at radius 3 is 2.80 bits per heavy atom. The summed E-state index contributed by atoms with van der Waals surface area (Å²) in [7, 11) is 0. The molecule has 1 aliphatic heterocycles. The summed E-state index contributed by atoms with van der Waals surface area (Å²) in [5.41, 5.74) is 0. The van der Waals surface area contributed by atoms with Gasteiger partial charge in [0.05, 0.1) is 0 Å². The van der Waals surface area contributed by atoms with Gasteiger partial charge in [-0.05, 0) is 50.1 Å². The lowest BCUT2D eigenvalue weighted by Crippen LogP contribution is -2.54. The molecule has 0 aliphatic carbocycles. The molecule has 0 radical (unpaired) electrons. The van der Waals surface area contributed by atoms with Gasteiger partial charge in [-0.3, -0.25) is 4.90 Å². The van der Waals surface area contributed by atoms with Gasteiger partial charge >= 0.3 is 0 Å². The van der Waals surface area contributed by atoms with Crippen LogP contribution in [0, 0.1) is 5.92 Å². The van der Waals surface area contributed by atoms with E-state index in [9.17, 15) is 0 Å². The average Bonchev–Trinajstić information content (AvgIpc) is 2.97. The molecule has 3 heteroatoms. The minimum Gasteiger partial charge on any atom is -0.314 e. The summed E-state index contributed by atoms with van der Waals surface area (Å²) in [4.78, 5) is 4.27. The summed E-state index contributed by atoms with van der Waals surface area (Å²) < 4.78 is 0. The molecular weight excluding hydrogens is 264 g/mol. The lowest BCUT2D eigenvalue weighted by Gasteiger charge is -2.46. The molecule has 1 aromatic rings. The first-order valence-electron chi connectivity index (χ1n) is 8.21. The highest BCUT2D eigenvalue weighted by molar-refractivity contribution is 7.10. The molecule has 1 fully saturated rings. The average molecular weight is 295 g/mol. The van der Waals surface area contributed by atoms with E-state index in [4.69, 9.17) is 0 Å². The van der Waals surface area contributed by atoms with Crippen molar-refractivity contribution in [1.29, 1.82) is 0 Å². The summed E-state index contributed by atoms with van der Waals surface area (Å²) in [6, 6.07) is 6.45. The van der Waals surface area contributed by atoms with E-state index in [1.54, 1.807) is 0 Å². The number of piperidine rings is 1. The lowest BCUT2D eigenvalue weighted by molar-refractivity contribution is 0.0456. The molecule has 4 atom stereocenters. The van der Waals surface area contributed by atoms with E-state index in [0.717, 1.165) is 12.5 Å². The molecule has 0 bridgehead atoms. The van der Waals surface area contributed by atoms with Gasteiger partial charge in [0, 0.05) is 29.5 Å². The smallest absolute Gasteiger partial charge is 0.0441 e. The van der Waals surface area contributed by atoms with Crippen LogP contribution >= 0.6 is 11.3 Å². The van der Waals surface area contributed by atoms with Crippen LogP contribution in [0.5, 0.6) is 0 Å². The highest BCUT2D eigenvalue weighted by Gasteiger charge is 2.35. The number of hydrogen-bond acceptors (Lipinski definition) is 3. The Morgan fingerprint density at radius 2 is 2.20 bits per heavy atom. The van der Waals surface area contributed by atoms with E-state index in [2.05, 4.69) is 55.4 Å². The van der Waals surface area contributed by atoms with Gasteiger partial charge in [-0.25, -0.2) is 0 Å². The Balaban J connectivity index is 2.03. The summed E-state index contributed by atoms with van der Waals surface area (Å²) >= 11 is 1.91. The Labute approximate surface area is 128 Å². The molecule has 2 heterocycles. The quantitative estimate of drug-likeness (QED) is 0.841. The second kappa shape index (κ2) is 7.58. The fraction of sp³-hybridized carbons (Fsp3) is 0.765. The van der Waals surface area contributed by atoms with Gasteiger partial charge in [0.25, 0.3) is 0 Å². The highest BCUT2D eigenvalue weighted by Crippen LogP contribution is 2.35. The van der Waals surface area contributed by atoms with Crippen LogP contribution in [0.2, 0.25) is 0 Å². The van der Waals surface area contributed by atoms with Gasteiger partial charge < -0.3 is 5.32 Å². The summed E-state index contributed by atoms with van der Waals surface area (Å²) in [6.45, 7) is 11.8. The van der Waals surface area contributed by atoms with E-state index in [1.807, 2.05) is 11.3 Å². The second-order valence-electron chi connectivity index (χ2n) is 6.13. The van der Waals surface area contributed by atoms with Crippen LogP contribution in [0.3, 0.4) is 0 Å². The maximum atomic E-state index is 3.74. The standard InChI is InChI=1S/C17H30N2S/c1-5-10-18-15-9-11-19(14(4)13(15)3)16(6-2)17-8-7-12-20-17/h7-8,12-16,18H,5-6,9-11H2,1-4H3. The number of hydrogen-bond donors (Lipinski definition) is 1. The van der Waals surface area contributed by atoms with E-state index in [0.29, 0.717) is 18.1 Å². The van der Waals surface area contributed by atoms with Crippen molar-refractivity contribution in [3.05, 3.63) is 22.4 Å². The third-order valence-electron chi connectivity index (χ3n) is 4.93. The third kappa shape index (κ3) is 3.44. The second-order valence-corrected chi connectivity index (χ2v) is 7.11. The summed E-state index contributed by atoms with van der Waals surface area (Å²) in [5, 5.41) is 5.95. The Morgan fingerprint density at radius 1 is 1.40 bits per heavy atom. The van der Waals surface area contributed by atoms with Crippen molar-refractivity contribution in [2.75, 3.05) is 13.1 Å². The molecule has 0 aromatic carbocycles. The van der Waals surface area contributed by atoms with E-state index in [1.165, 1.54) is 30.7 Å². The maximum absolute atomic E-state index is 3.74. The number of rotatable bonds is 6. The van der Waals surface area contributed by atoms with Crippen LogP contribution in [-0.4, -0.2) is 30.1 Å². The molecule has 4 unspecified atom stereocenters. The number of likely N-dealkylation sites (tertiary alicyclic amines) is 1. The molecule has 2 rings (SSSR count). The molecule has 0 amide bonds. The highest BCUT2D eigenvalue weighted by atomic mass is 32.1. The Kier molecular flexibility index (Phi) is 6.06. The fourth-order valence-corrected chi connectivity index (χ4v) is 4.46. The third-order valence-corrected chi connectivity index (χ3v) is 5.91. The molecule has 1 aromatic heterocycles. The molecule has 2 nitrogen and oxygen atoms in total. The topological polar surface area (TPSA) is 15.3 Å². The van der Waals surface area contributed by atoms with Gasteiger partial charge in [0.15, 0.2) is 0 Å². The molecule has 1 aliphatic rings. The van der Waals surface area contributed by atoms with Crippen molar-refractivity contribution in [3.8, 4) is 0 Å². The minimum atomic E-state index is 0.611. The van der Waals surface area contributed by atoms with Gasteiger partial charge in [-0.2, -0.15) is 0 Å². The monoisotopic (exact) mass is 294 g/mol. The van der Waals surface area contributed by atoms with Crippen molar-refractivity contribution in [2.24, 2.45) is 5.92 Å². The first-order chi connectivity index (χ1) is 9.69. The number of nitrogens with one attached hydrogen (secondary N) is 1. The van der Waals surface area contributed by atoms with Crippen molar-refractivity contribution < 1.29 is 0 Å². The van der Waals surface area contributed by atoms with Crippen LogP contribution in [0.25, 0.3) is 0 Å². The molecule has 1 N–H and O–H groups in total. The van der Waals surface area contributed by atoms with Crippen LogP contribution < -0.4 is 5.32 Å².